The number of rotatable bonds is 8. The van der Waals surface area contributed by atoms with Crippen LogP contribution < -0.4 is 15.4 Å². The van der Waals surface area contributed by atoms with Gasteiger partial charge in [0, 0.05) is 55.6 Å². The molecular formula is C32H29F2N5O2. The van der Waals surface area contributed by atoms with Crippen LogP contribution in [0.25, 0.3) is 22.3 Å². The molecule has 0 unspecified atom stereocenters. The van der Waals surface area contributed by atoms with Crippen molar-refractivity contribution >= 4 is 11.7 Å². The van der Waals surface area contributed by atoms with Crippen molar-refractivity contribution in [3.8, 4) is 34.1 Å². The molecule has 0 radical (unpaired) electrons. The zero-order chi connectivity index (χ0) is 28.9. The van der Waals surface area contributed by atoms with Gasteiger partial charge in [0.25, 0.3) is 0 Å². The number of aromatic nitrogens is 1. The highest BCUT2D eigenvalue weighted by Crippen LogP contribution is 2.38. The van der Waals surface area contributed by atoms with Gasteiger partial charge in [0.05, 0.1) is 11.6 Å². The van der Waals surface area contributed by atoms with Gasteiger partial charge in [-0.25, -0.2) is 4.98 Å². The third kappa shape index (κ3) is 6.34. The number of nitriles is 1. The quantitative estimate of drug-likeness (QED) is 0.304. The van der Waals surface area contributed by atoms with Crippen LogP contribution in [0.5, 0.6) is 5.75 Å². The predicted molar refractivity (Wildman–Crippen MR) is 154 cm³/mol. The first-order valence-corrected chi connectivity index (χ1v) is 13.2. The second-order valence-corrected chi connectivity index (χ2v) is 9.92. The number of nitrogens with zero attached hydrogens (tertiary/aromatic N) is 4. The number of anilines is 1. The van der Waals surface area contributed by atoms with Crippen LogP contribution in [-0.4, -0.2) is 48.6 Å². The lowest BCUT2D eigenvalue weighted by atomic mass is 9.87. The van der Waals surface area contributed by atoms with E-state index >= 15 is 0 Å². The number of amides is 1. The zero-order valence-electron chi connectivity index (χ0n) is 22.6. The van der Waals surface area contributed by atoms with Crippen molar-refractivity contribution in [2.45, 2.75) is 20.1 Å². The molecular weight excluding hydrogens is 524 g/mol. The summed E-state index contributed by atoms with van der Waals surface area (Å²) in [4.78, 5) is 21.7. The Kier molecular flexibility index (Phi) is 8.22. The van der Waals surface area contributed by atoms with E-state index < -0.39 is 12.5 Å². The zero-order valence-corrected chi connectivity index (χ0v) is 22.6. The lowest BCUT2D eigenvalue weighted by Gasteiger charge is -2.35. The van der Waals surface area contributed by atoms with E-state index in [2.05, 4.69) is 20.6 Å². The normalized spacial score (nSPS) is 13.7. The molecule has 3 aromatic carbocycles. The maximum Gasteiger partial charge on any atom is 0.387 e. The van der Waals surface area contributed by atoms with Crippen LogP contribution in [0.4, 0.5) is 14.6 Å². The van der Waals surface area contributed by atoms with Crippen LogP contribution >= 0.6 is 0 Å². The average Bonchev–Trinajstić information content (AvgIpc) is 2.98. The third-order valence-corrected chi connectivity index (χ3v) is 7.27. The van der Waals surface area contributed by atoms with Gasteiger partial charge in [-0.05, 0) is 71.6 Å². The van der Waals surface area contributed by atoms with E-state index in [4.69, 9.17) is 10.7 Å². The Morgan fingerprint density at radius 1 is 0.951 bits per heavy atom. The number of ether oxygens (including phenoxy) is 1. The molecule has 1 fully saturated rings. The molecule has 41 heavy (non-hydrogen) atoms. The largest absolute Gasteiger partial charge is 0.435 e. The summed E-state index contributed by atoms with van der Waals surface area (Å²) in [6, 6.07) is 23.7. The van der Waals surface area contributed by atoms with Gasteiger partial charge in [-0.1, -0.05) is 30.3 Å². The highest BCUT2D eigenvalue weighted by molar-refractivity contribution is 6.04. The maximum absolute atomic E-state index is 12.4. The number of primary amides is 1. The monoisotopic (exact) mass is 553 g/mol. The van der Waals surface area contributed by atoms with Crippen LogP contribution in [0.2, 0.25) is 0 Å². The number of carbonyl (C=O) groups is 1. The van der Waals surface area contributed by atoms with E-state index in [0.29, 0.717) is 11.1 Å². The Labute approximate surface area is 237 Å². The molecule has 5 rings (SSSR count). The summed E-state index contributed by atoms with van der Waals surface area (Å²) in [6.07, 6.45) is 1.78. The number of carbonyl (C=O) groups excluding carboxylic acids is 1. The summed E-state index contributed by atoms with van der Waals surface area (Å²) in [6.45, 7) is 3.09. The molecule has 0 atom stereocenters. The highest BCUT2D eigenvalue weighted by atomic mass is 19.3. The Hall–Kier alpha value is -4.81. The van der Waals surface area contributed by atoms with E-state index in [1.807, 2.05) is 49.4 Å². The average molecular weight is 554 g/mol. The number of halogens is 2. The van der Waals surface area contributed by atoms with Crippen LogP contribution in [0.3, 0.4) is 0 Å². The Balaban J connectivity index is 1.32. The molecule has 4 aromatic rings. The number of piperazine rings is 1. The Morgan fingerprint density at radius 3 is 2.22 bits per heavy atom. The lowest BCUT2D eigenvalue weighted by molar-refractivity contribution is -0.0498. The minimum absolute atomic E-state index is 0.153. The molecule has 2 heterocycles. The predicted octanol–water partition coefficient (Wildman–Crippen LogP) is 5.62. The maximum atomic E-state index is 12.4. The van der Waals surface area contributed by atoms with Crippen molar-refractivity contribution in [2.24, 2.45) is 5.73 Å². The number of benzene rings is 3. The van der Waals surface area contributed by atoms with Gasteiger partial charge in [-0.2, -0.15) is 14.0 Å². The molecule has 1 saturated heterocycles. The molecule has 0 bridgehead atoms. The first-order valence-electron chi connectivity index (χ1n) is 13.2. The number of aryl methyl sites for hydroxylation is 1. The molecule has 1 aliphatic rings. The van der Waals surface area contributed by atoms with Crippen molar-refractivity contribution < 1.29 is 18.3 Å². The molecule has 0 aliphatic carbocycles. The molecule has 2 N–H and O–H groups in total. The van der Waals surface area contributed by atoms with Gasteiger partial charge in [-0.3, -0.25) is 9.69 Å². The highest BCUT2D eigenvalue weighted by Gasteiger charge is 2.21. The van der Waals surface area contributed by atoms with Gasteiger partial charge in [0.2, 0.25) is 5.91 Å². The number of alkyl halides is 2. The summed E-state index contributed by atoms with van der Waals surface area (Å²) in [5.41, 5.74) is 12.0. The molecule has 0 spiro atoms. The topological polar surface area (TPSA) is 95.5 Å². The molecule has 1 amide bonds. The van der Waals surface area contributed by atoms with E-state index in [-0.39, 0.29) is 5.75 Å². The van der Waals surface area contributed by atoms with Crippen molar-refractivity contribution in [3.63, 3.8) is 0 Å². The van der Waals surface area contributed by atoms with Crippen LogP contribution in [0.1, 0.15) is 27.0 Å². The fourth-order valence-electron chi connectivity index (χ4n) is 5.19. The molecule has 7 nitrogen and oxygen atoms in total. The standard InChI is InChI=1S/C32H29F2N5O2/c1-21-2-12-27(31(36)40)30(29(21)24-7-3-22(18-35)4-8-24)25-9-13-28(37-19-25)39-16-14-38(15-17-39)20-23-5-10-26(11-6-23)41-32(33)34/h2-13,19,32H,14-17,20H2,1H3,(H2,36,40). The van der Waals surface area contributed by atoms with Gasteiger partial charge in [0.15, 0.2) is 0 Å². The van der Waals surface area contributed by atoms with Gasteiger partial charge in [0.1, 0.15) is 11.6 Å². The first kappa shape index (κ1) is 27.7. The minimum Gasteiger partial charge on any atom is -0.435 e. The lowest BCUT2D eigenvalue weighted by Crippen LogP contribution is -2.46. The summed E-state index contributed by atoms with van der Waals surface area (Å²) in [5, 5.41) is 9.20. The summed E-state index contributed by atoms with van der Waals surface area (Å²) < 4.78 is 29.2. The van der Waals surface area contributed by atoms with Crippen molar-refractivity contribution in [1.82, 2.24) is 9.88 Å². The molecule has 1 aliphatic heterocycles. The fourth-order valence-corrected chi connectivity index (χ4v) is 5.19. The van der Waals surface area contributed by atoms with Gasteiger partial charge < -0.3 is 15.4 Å². The number of pyridine rings is 1. The second-order valence-electron chi connectivity index (χ2n) is 9.92. The van der Waals surface area contributed by atoms with Gasteiger partial charge in [-0.15, -0.1) is 0 Å². The van der Waals surface area contributed by atoms with Crippen LogP contribution in [-0.2, 0) is 6.54 Å². The summed E-state index contributed by atoms with van der Waals surface area (Å²) in [7, 11) is 0. The van der Waals surface area contributed by atoms with Crippen LogP contribution in [0.15, 0.2) is 79.0 Å². The van der Waals surface area contributed by atoms with Crippen LogP contribution in [0, 0.1) is 18.3 Å². The Morgan fingerprint density at radius 2 is 1.63 bits per heavy atom. The smallest absolute Gasteiger partial charge is 0.387 e. The van der Waals surface area contributed by atoms with Crippen molar-refractivity contribution in [3.05, 3.63) is 101 Å². The van der Waals surface area contributed by atoms with E-state index in [9.17, 15) is 18.8 Å². The minimum atomic E-state index is -2.83. The number of nitrogens with two attached hydrogens (primary N) is 1. The SMILES string of the molecule is Cc1ccc(C(N)=O)c(-c2ccc(N3CCN(Cc4ccc(OC(F)F)cc4)CC3)nc2)c1-c1ccc(C#N)cc1. The molecule has 0 saturated carbocycles. The summed E-state index contributed by atoms with van der Waals surface area (Å²) in [5.74, 6) is 0.474. The Bertz CT molecular complexity index is 1560. The van der Waals surface area contributed by atoms with Crippen molar-refractivity contribution in [2.75, 3.05) is 31.1 Å². The van der Waals surface area contributed by atoms with E-state index in [0.717, 1.165) is 71.9 Å². The van der Waals surface area contributed by atoms with E-state index in [1.54, 1.807) is 36.5 Å². The molecule has 9 heteroatoms. The van der Waals surface area contributed by atoms with Crippen molar-refractivity contribution in [1.29, 1.82) is 5.26 Å². The first-order chi connectivity index (χ1) is 19.8. The molecule has 208 valence electrons. The second kappa shape index (κ2) is 12.1. The number of hydrogen-bond donors (Lipinski definition) is 1. The van der Waals surface area contributed by atoms with Gasteiger partial charge >= 0.3 is 6.61 Å². The molecule has 1 aromatic heterocycles. The fraction of sp³-hybridized carbons (Fsp3) is 0.219. The van der Waals surface area contributed by atoms with E-state index in [1.165, 1.54) is 0 Å². The number of hydrogen-bond acceptors (Lipinski definition) is 6. The third-order valence-electron chi connectivity index (χ3n) is 7.27. The summed E-state index contributed by atoms with van der Waals surface area (Å²) >= 11 is 0.